The number of Topliss-reactive ketones (excluding diaryl/α,β-unsaturated/α-hetero) is 1. The zero-order chi connectivity index (χ0) is 10.7. The van der Waals surface area contributed by atoms with E-state index >= 15 is 0 Å². The highest BCUT2D eigenvalue weighted by Crippen LogP contribution is 2.17. The zero-order valence-electron chi connectivity index (χ0n) is 8.18. The Morgan fingerprint density at radius 3 is 2.71 bits per heavy atom. The van der Waals surface area contributed by atoms with E-state index in [2.05, 4.69) is 15.9 Å². The molecule has 14 heavy (non-hydrogen) atoms. The maximum Gasteiger partial charge on any atom is 0.180 e. The molecule has 0 aliphatic rings. The number of hydrogen-bond donors (Lipinski definition) is 0. The second-order valence-electron chi connectivity index (χ2n) is 3.26. The van der Waals surface area contributed by atoms with Crippen molar-refractivity contribution in [2.24, 2.45) is 0 Å². The van der Waals surface area contributed by atoms with Gasteiger partial charge in [-0.15, -0.1) is 11.6 Å². The van der Waals surface area contributed by atoms with E-state index < -0.39 is 5.38 Å². The van der Waals surface area contributed by atoms with Gasteiger partial charge < -0.3 is 0 Å². The van der Waals surface area contributed by atoms with Gasteiger partial charge in [-0.1, -0.05) is 28.1 Å². The van der Waals surface area contributed by atoms with Crippen molar-refractivity contribution in [3.8, 4) is 0 Å². The van der Waals surface area contributed by atoms with Gasteiger partial charge in [0, 0.05) is 10.9 Å². The van der Waals surface area contributed by atoms with Crippen LogP contribution < -0.4 is 0 Å². The summed E-state index contributed by atoms with van der Waals surface area (Å²) in [5.41, 5.74) is 2.80. The SMILES string of the molecule is Cc1ccc(CBr)cc1C(=O)C(C)Cl. The molecule has 3 heteroatoms. The van der Waals surface area contributed by atoms with E-state index in [0.29, 0.717) is 0 Å². The van der Waals surface area contributed by atoms with E-state index in [1.807, 2.05) is 25.1 Å². The van der Waals surface area contributed by atoms with Crippen LogP contribution >= 0.6 is 27.5 Å². The predicted molar refractivity (Wildman–Crippen MR) is 63.5 cm³/mol. The Labute approximate surface area is 97.6 Å². The van der Waals surface area contributed by atoms with E-state index in [4.69, 9.17) is 11.6 Å². The molecule has 1 aromatic rings. The van der Waals surface area contributed by atoms with E-state index in [1.54, 1.807) is 6.92 Å². The van der Waals surface area contributed by atoms with Crippen LogP contribution in [0.3, 0.4) is 0 Å². The van der Waals surface area contributed by atoms with Crippen LogP contribution in [0.25, 0.3) is 0 Å². The molecule has 0 amide bonds. The van der Waals surface area contributed by atoms with Crippen molar-refractivity contribution in [2.45, 2.75) is 24.6 Å². The summed E-state index contributed by atoms with van der Waals surface area (Å²) in [6.07, 6.45) is 0. The fraction of sp³-hybridized carbons (Fsp3) is 0.364. The van der Waals surface area contributed by atoms with Gasteiger partial charge in [0.05, 0.1) is 5.38 Å². The van der Waals surface area contributed by atoms with Gasteiger partial charge in [0.1, 0.15) is 0 Å². The zero-order valence-corrected chi connectivity index (χ0v) is 10.5. The Hall–Kier alpha value is -0.340. The summed E-state index contributed by atoms with van der Waals surface area (Å²) in [6.45, 7) is 3.62. The first-order chi connectivity index (χ1) is 6.56. The number of carbonyl (C=O) groups is 1. The van der Waals surface area contributed by atoms with Gasteiger partial charge in [-0.2, -0.15) is 0 Å². The average molecular weight is 276 g/mol. The molecule has 1 aromatic carbocycles. The Kier molecular flexibility index (Phi) is 4.14. The highest BCUT2D eigenvalue weighted by atomic mass is 79.9. The molecule has 0 aromatic heterocycles. The third-order valence-electron chi connectivity index (χ3n) is 2.08. The first-order valence-electron chi connectivity index (χ1n) is 4.40. The first kappa shape index (κ1) is 11.7. The van der Waals surface area contributed by atoms with Crippen LogP contribution in [-0.4, -0.2) is 11.2 Å². The third-order valence-corrected chi connectivity index (χ3v) is 2.93. The van der Waals surface area contributed by atoms with Gasteiger partial charge in [0.25, 0.3) is 0 Å². The van der Waals surface area contributed by atoms with E-state index in [1.165, 1.54) is 0 Å². The van der Waals surface area contributed by atoms with Crippen LogP contribution in [0, 0.1) is 6.92 Å². The molecule has 0 saturated carbocycles. The summed E-state index contributed by atoms with van der Waals surface area (Å²) < 4.78 is 0. The number of rotatable bonds is 3. The molecule has 0 N–H and O–H groups in total. The summed E-state index contributed by atoms with van der Waals surface area (Å²) >= 11 is 9.13. The fourth-order valence-electron chi connectivity index (χ4n) is 1.23. The standard InChI is InChI=1S/C11H12BrClO/c1-7-3-4-9(6-12)5-10(7)11(14)8(2)13/h3-5,8H,6H2,1-2H3. The van der Waals surface area contributed by atoms with E-state index in [9.17, 15) is 4.79 Å². The highest BCUT2D eigenvalue weighted by molar-refractivity contribution is 9.08. The van der Waals surface area contributed by atoms with Crippen LogP contribution in [0.5, 0.6) is 0 Å². The lowest BCUT2D eigenvalue weighted by molar-refractivity contribution is 0.0991. The molecule has 0 radical (unpaired) electrons. The third kappa shape index (κ3) is 2.58. The van der Waals surface area contributed by atoms with Crippen LogP contribution in [0.1, 0.15) is 28.4 Å². The quantitative estimate of drug-likeness (QED) is 0.607. The number of aryl methyl sites for hydroxylation is 1. The number of ketones is 1. The lowest BCUT2D eigenvalue weighted by Crippen LogP contribution is -2.12. The molecular formula is C11H12BrClO. The summed E-state index contributed by atoms with van der Waals surface area (Å²) in [4.78, 5) is 11.7. The fourth-order valence-corrected chi connectivity index (χ4v) is 1.70. The molecule has 1 unspecified atom stereocenters. The molecule has 0 spiro atoms. The minimum atomic E-state index is -0.459. The summed E-state index contributed by atoms with van der Waals surface area (Å²) in [5, 5.41) is 0.295. The molecule has 0 heterocycles. The van der Waals surface area contributed by atoms with Gasteiger partial charge >= 0.3 is 0 Å². The molecule has 1 rings (SSSR count). The number of alkyl halides is 2. The predicted octanol–water partition coefficient (Wildman–Crippen LogP) is 3.70. The number of benzene rings is 1. The maximum absolute atomic E-state index is 11.7. The summed E-state index contributed by atoms with van der Waals surface area (Å²) in [7, 11) is 0. The largest absolute Gasteiger partial charge is 0.293 e. The van der Waals surface area contributed by atoms with Gasteiger partial charge in [-0.25, -0.2) is 0 Å². The van der Waals surface area contributed by atoms with Crippen molar-refractivity contribution in [3.05, 3.63) is 34.9 Å². The molecular weight excluding hydrogens is 263 g/mol. The first-order valence-corrected chi connectivity index (χ1v) is 5.96. The van der Waals surface area contributed by atoms with Crippen LogP contribution in [0.4, 0.5) is 0 Å². The monoisotopic (exact) mass is 274 g/mol. The second-order valence-corrected chi connectivity index (χ2v) is 4.48. The molecule has 0 aliphatic carbocycles. The lowest BCUT2D eigenvalue weighted by atomic mass is 10.0. The summed E-state index contributed by atoms with van der Waals surface area (Å²) in [6, 6.07) is 5.84. The van der Waals surface area contributed by atoms with E-state index in [0.717, 1.165) is 22.0 Å². The van der Waals surface area contributed by atoms with Crippen molar-refractivity contribution >= 4 is 33.3 Å². The maximum atomic E-state index is 11.7. The number of carbonyl (C=O) groups excluding carboxylic acids is 1. The van der Waals surface area contributed by atoms with E-state index in [-0.39, 0.29) is 5.78 Å². The van der Waals surface area contributed by atoms with Crippen molar-refractivity contribution in [1.29, 1.82) is 0 Å². The van der Waals surface area contributed by atoms with Crippen LogP contribution in [0.2, 0.25) is 0 Å². The Morgan fingerprint density at radius 2 is 2.21 bits per heavy atom. The van der Waals surface area contributed by atoms with Crippen LogP contribution in [-0.2, 0) is 5.33 Å². The second kappa shape index (κ2) is 4.94. The van der Waals surface area contributed by atoms with Crippen molar-refractivity contribution < 1.29 is 4.79 Å². The highest BCUT2D eigenvalue weighted by Gasteiger charge is 2.14. The minimum Gasteiger partial charge on any atom is -0.293 e. The Bertz CT molecular complexity index is 347. The Morgan fingerprint density at radius 1 is 1.57 bits per heavy atom. The minimum absolute atomic E-state index is 0.00744. The van der Waals surface area contributed by atoms with Crippen molar-refractivity contribution in [1.82, 2.24) is 0 Å². The van der Waals surface area contributed by atoms with Gasteiger partial charge in [0.2, 0.25) is 0 Å². The lowest BCUT2D eigenvalue weighted by Gasteiger charge is -2.07. The average Bonchev–Trinajstić information content (AvgIpc) is 2.17. The molecule has 0 bridgehead atoms. The summed E-state index contributed by atoms with van der Waals surface area (Å²) in [5.74, 6) is -0.00744. The number of hydrogen-bond acceptors (Lipinski definition) is 1. The Balaban J connectivity index is 3.12. The molecule has 0 fully saturated rings. The molecule has 0 aliphatic heterocycles. The van der Waals surface area contributed by atoms with Crippen molar-refractivity contribution in [3.63, 3.8) is 0 Å². The topological polar surface area (TPSA) is 17.1 Å². The molecule has 1 atom stereocenters. The van der Waals surface area contributed by atoms with Gasteiger partial charge in [-0.05, 0) is 31.0 Å². The molecule has 0 saturated heterocycles. The smallest absolute Gasteiger partial charge is 0.180 e. The molecule has 1 nitrogen and oxygen atoms in total. The van der Waals surface area contributed by atoms with Gasteiger partial charge in [-0.3, -0.25) is 4.79 Å². The normalized spacial score (nSPS) is 12.6. The molecule has 76 valence electrons. The van der Waals surface area contributed by atoms with Crippen LogP contribution in [0.15, 0.2) is 18.2 Å². The number of halogens is 2. The van der Waals surface area contributed by atoms with Gasteiger partial charge in [0.15, 0.2) is 5.78 Å². The van der Waals surface area contributed by atoms with Crippen molar-refractivity contribution in [2.75, 3.05) is 0 Å².